The van der Waals surface area contributed by atoms with Gasteiger partial charge in [-0.1, -0.05) is 23.7 Å². The molecule has 2 aromatic rings. The zero-order chi connectivity index (χ0) is 17.1. The number of hydrogen-bond acceptors (Lipinski definition) is 4. The average molecular weight is 349 g/mol. The van der Waals surface area contributed by atoms with Gasteiger partial charge in [0.15, 0.2) is 11.6 Å². The lowest BCUT2D eigenvalue weighted by Crippen LogP contribution is -2.41. The van der Waals surface area contributed by atoms with Gasteiger partial charge in [0.05, 0.1) is 6.04 Å². The molecule has 1 aliphatic rings. The molecule has 128 valence electrons. The zero-order valence-electron chi connectivity index (χ0n) is 13.9. The van der Waals surface area contributed by atoms with Crippen LogP contribution in [0.5, 0.6) is 0 Å². The monoisotopic (exact) mass is 348 g/mol. The van der Waals surface area contributed by atoms with Crippen LogP contribution in [0.3, 0.4) is 0 Å². The fourth-order valence-electron chi connectivity index (χ4n) is 3.07. The standard InChI is InChI=1S/C17H21ClN4O2/c1-12-17-20-19-15(11-24-2)22(17)10-9-21(12)16(23)8-5-13-3-6-14(18)7-4-13/h3-4,6-7,12H,5,8-11H2,1-2H3. The Hall–Kier alpha value is -1.92. The summed E-state index contributed by atoms with van der Waals surface area (Å²) in [6.07, 6.45) is 1.19. The van der Waals surface area contributed by atoms with Crippen LogP contribution in [0.1, 0.15) is 36.6 Å². The van der Waals surface area contributed by atoms with Gasteiger partial charge in [0.1, 0.15) is 6.61 Å². The lowest BCUT2D eigenvalue weighted by molar-refractivity contribution is -0.134. The lowest BCUT2D eigenvalue weighted by atomic mass is 10.1. The number of halogens is 1. The highest BCUT2D eigenvalue weighted by molar-refractivity contribution is 6.30. The van der Waals surface area contributed by atoms with Crippen molar-refractivity contribution < 1.29 is 9.53 Å². The van der Waals surface area contributed by atoms with Gasteiger partial charge in [-0.25, -0.2) is 0 Å². The molecule has 2 heterocycles. The van der Waals surface area contributed by atoms with Crippen molar-refractivity contribution in [1.82, 2.24) is 19.7 Å². The summed E-state index contributed by atoms with van der Waals surface area (Å²) in [5, 5.41) is 9.12. The number of nitrogens with zero attached hydrogens (tertiary/aromatic N) is 4. The number of aryl methyl sites for hydroxylation is 1. The van der Waals surface area contributed by atoms with Gasteiger partial charge >= 0.3 is 0 Å². The Kier molecular flexibility index (Phi) is 5.16. The number of hydrogen-bond donors (Lipinski definition) is 0. The highest BCUT2D eigenvalue weighted by atomic mass is 35.5. The van der Waals surface area contributed by atoms with E-state index in [-0.39, 0.29) is 11.9 Å². The molecule has 0 saturated carbocycles. The first-order valence-electron chi connectivity index (χ1n) is 8.05. The Morgan fingerprint density at radius 1 is 1.29 bits per heavy atom. The van der Waals surface area contributed by atoms with E-state index in [4.69, 9.17) is 16.3 Å². The van der Waals surface area contributed by atoms with Crippen LogP contribution in [0.4, 0.5) is 0 Å². The number of amides is 1. The lowest BCUT2D eigenvalue weighted by Gasteiger charge is -2.33. The maximum absolute atomic E-state index is 12.6. The molecule has 3 rings (SSSR count). The molecule has 1 aromatic heterocycles. The topological polar surface area (TPSA) is 60.3 Å². The molecule has 0 bridgehead atoms. The second kappa shape index (κ2) is 7.32. The summed E-state index contributed by atoms with van der Waals surface area (Å²) < 4.78 is 7.20. The first-order chi connectivity index (χ1) is 11.6. The summed E-state index contributed by atoms with van der Waals surface area (Å²) in [4.78, 5) is 14.5. The molecule has 1 aromatic carbocycles. The Balaban J connectivity index is 1.64. The highest BCUT2D eigenvalue weighted by Crippen LogP contribution is 2.25. The number of aromatic nitrogens is 3. The van der Waals surface area contributed by atoms with Crippen molar-refractivity contribution in [2.45, 2.75) is 39.0 Å². The van der Waals surface area contributed by atoms with Crippen LogP contribution in [0, 0.1) is 0 Å². The van der Waals surface area contributed by atoms with Gasteiger partial charge < -0.3 is 14.2 Å². The fourth-order valence-corrected chi connectivity index (χ4v) is 3.19. The molecule has 0 saturated heterocycles. The smallest absolute Gasteiger partial charge is 0.223 e. The van der Waals surface area contributed by atoms with Gasteiger partial charge in [-0.15, -0.1) is 10.2 Å². The Labute approximate surface area is 146 Å². The first kappa shape index (κ1) is 16.9. The van der Waals surface area contributed by atoms with Crippen molar-refractivity contribution in [2.75, 3.05) is 13.7 Å². The summed E-state index contributed by atoms with van der Waals surface area (Å²) in [7, 11) is 1.64. The minimum atomic E-state index is -0.0745. The van der Waals surface area contributed by atoms with Crippen LogP contribution in [-0.4, -0.2) is 39.2 Å². The van der Waals surface area contributed by atoms with E-state index in [0.29, 0.717) is 37.6 Å². The van der Waals surface area contributed by atoms with E-state index in [1.165, 1.54) is 0 Å². The van der Waals surface area contributed by atoms with E-state index in [9.17, 15) is 4.79 Å². The van der Waals surface area contributed by atoms with Crippen molar-refractivity contribution in [2.24, 2.45) is 0 Å². The van der Waals surface area contributed by atoms with Gasteiger partial charge in [-0.2, -0.15) is 0 Å². The SMILES string of the molecule is COCc1nnc2n1CCN(C(=O)CCc1ccc(Cl)cc1)C2C. The number of fused-ring (bicyclic) bond motifs is 1. The van der Waals surface area contributed by atoms with Gasteiger partial charge in [0, 0.05) is 31.6 Å². The fraction of sp³-hybridized carbons (Fsp3) is 0.471. The molecule has 6 nitrogen and oxygen atoms in total. The third-order valence-corrected chi connectivity index (χ3v) is 4.65. The molecule has 0 N–H and O–H groups in total. The molecule has 0 fully saturated rings. The Morgan fingerprint density at radius 2 is 2.04 bits per heavy atom. The summed E-state index contributed by atoms with van der Waals surface area (Å²) >= 11 is 5.89. The van der Waals surface area contributed by atoms with E-state index in [2.05, 4.69) is 14.8 Å². The number of methoxy groups -OCH3 is 1. The molecule has 24 heavy (non-hydrogen) atoms. The van der Waals surface area contributed by atoms with E-state index >= 15 is 0 Å². The predicted molar refractivity (Wildman–Crippen MR) is 90.6 cm³/mol. The number of ether oxygens (including phenoxy) is 1. The first-order valence-corrected chi connectivity index (χ1v) is 8.42. The maximum atomic E-state index is 12.6. The van der Waals surface area contributed by atoms with E-state index in [1.54, 1.807) is 7.11 Å². The van der Waals surface area contributed by atoms with E-state index < -0.39 is 0 Å². The van der Waals surface area contributed by atoms with Crippen LogP contribution in [-0.2, 0) is 29.1 Å². The van der Waals surface area contributed by atoms with Gasteiger partial charge in [0.2, 0.25) is 5.91 Å². The van der Waals surface area contributed by atoms with Gasteiger partial charge in [-0.05, 0) is 31.0 Å². The molecule has 1 unspecified atom stereocenters. The number of carbonyl (C=O) groups is 1. The maximum Gasteiger partial charge on any atom is 0.223 e. The predicted octanol–water partition coefficient (Wildman–Crippen LogP) is 2.61. The van der Waals surface area contributed by atoms with Gasteiger partial charge in [0.25, 0.3) is 0 Å². The third-order valence-electron chi connectivity index (χ3n) is 4.40. The van der Waals surface area contributed by atoms with Crippen LogP contribution < -0.4 is 0 Å². The molecule has 1 amide bonds. The Morgan fingerprint density at radius 3 is 2.75 bits per heavy atom. The molecule has 7 heteroatoms. The van der Waals surface area contributed by atoms with Crippen molar-refractivity contribution >= 4 is 17.5 Å². The van der Waals surface area contributed by atoms with Crippen LogP contribution >= 0.6 is 11.6 Å². The summed E-state index contributed by atoms with van der Waals surface area (Å²) in [5.41, 5.74) is 1.11. The zero-order valence-corrected chi connectivity index (χ0v) is 14.7. The van der Waals surface area contributed by atoms with Crippen LogP contribution in [0.2, 0.25) is 5.02 Å². The average Bonchev–Trinajstić information content (AvgIpc) is 2.99. The molecule has 1 atom stereocenters. The second-order valence-corrected chi connectivity index (χ2v) is 6.39. The largest absolute Gasteiger partial charge is 0.377 e. The minimum absolute atomic E-state index is 0.0745. The molecule has 0 aliphatic carbocycles. The van der Waals surface area contributed by atoms with Crippen molar-refractivity contribution in [1.29, 1.82) is 0 Å². The van der Waals surface area contributed by atoms with Crippen molar-refractivity contribution in [3.8, 4) is 0 Å². The third kappa shape index (κ3) is 3.44. The van der Waals surface area contributed by atoms with E-state index in [0.717, 1.165) is 17.2 Å². The molecular formula is C17H21ClN4O2. The van der Waals surface area contributed by atoms with Crippen molar-refractivity contribution in [3.05, 3.63) is 46.5 Å². The molecule has 0 radical (unpaired) electrons. The Bertz CT molecular complexity index is 714. The molecular weight excluding hydrogens is 328 g/mol. The summed E-state index contributed by atoms with van der Waals surface area (Å²) in [6.45, 7) is 3.81. The van der Waals surface area contributed by atoms with Gasteiger partial charge in [-0.3, -0.25) is 4.79 Å². The minimum Gasteiger partial charge on any atom is -0.377 e. The summed E-state index contributed by atoms with van der Waals surface area (Å²) in [6, 6.07) is 7.55. The van der Waals surface area contributed by atoms with E-state index in [1.807, 2.05) is 36.1 Å². The number of carbonyl (C=O) groups excluding carboxylic acids is 1. The second-order valence-electron chi connectivity index (χ2n) is 5.95. The normalized spacial score (nSPS) is 17.0. The highest BCUT2D eigenvalue weighted by Gasteiger charge is 2.30. The summed E-state index contributed by atoms with van der Waals surface area (Å²) in [5.74, 6) is 1.78. The molecule has 1 aliphatic heterocycles. The number of benzene rings is 1. The van der Waals surface area contributed by atoms with Crippen LogP contribution in [0.15, 0.2) is 24.3 Å². The quantitative estimate of drug-likeness (QED) is 0.833. The van der Waals surface area contributed by atoms with Crippen molar-refractivity contribution in [3.63, 3.8) is 0 Å². The van der Waals surface area contributed by atoms with Crippen LogP contribution in [0.25, 0.3) is 0 Å². The number of rotatable bonds is 5. The molecule has 0 spiro atoms.